The molecule has 3 N–H and O–H groups in total. The molecule has 1 aliphatic rings. The summed E-state index contributed by atoms with van der Waals surface area (Å²) in [5.41, 5.74) is 5.41. The van der Waals surface area contributed by atoms with Crippen LogP contribution in [0.4, 0.5) is 0 Å². The van der Waals surface area contributed by atoms with Gasteiger partial charge in [0.25, 0.3) is 0 Å². The zero-order chi connectivity index (χ0) is 9.68. The Kier molecular flexibility index (Phi) is 4.18. The van der Waals surface area contributed by atoms with E-state index in [1.165, 1.54) is 0 Å². The second-order valence-corrected chi connectivity index (χ2v) is 3.62. The lowest BCUT2D eigenvalue weighted by atomic mass is 10.0. The van der Waals surface area contributed by atoms with Gasteiger partial charge in [-0.25, -0.2) is 0 Å². The fourth-order valence-corrected chi connectivity index (χ4v) is 1.37. The summed E-state index contributed by atoms with van der Waals surface area (Å²) in [6.45, 7) is 4.00. The summed E-state index contributed by atoms with van der Waals surface area (Å²) in [5, 5.41) is 2.81. The number of amides is 1. The number of nitrogens with one attached hydrogen (secondary N) is 1. The molecule has 0 aliphatic carbocycles. The van der Waals surface area contributed by atoms with Crippen LogP contribution >= 0.6 is 0 Å². The zero-order valence-corrected chi connectivity index (χ0v) is 8.08. The maximum Gasteiger partial charge on any atom is 0.236 e. The molecule has 1 fully saturated rings. The number of carbonyl (C=O) groups is 1. The Hall–Kier alpha value is -0.610. The van der Waals surface area contributed by atoms with E-state index in [9.17, 15) is 4.79 Å². The molecule has 0 bridgehead atoms. The molecule has 13 heavy (non-hydrogen) atoms. The van der Waals surface area contributed by atoms with Crippen LogP contribution in [0.25, 0.3) is 0 Å². The molecule has 1 aliphatic heterocycles. The fraction of sp³-hybridized carbons (Fsp3) is 0.889. The van der Waals surface area contributed by atoms with E-state index >= 15 is 0 Å². The summed E-state index contributed by atoms with van der Waals surface area (Å²) in [6, 6.07) is -0.412. The lowest BCUT2D eigenvalue weighted by Gasteiger charge is -2.22. The van der Waals surface area contributed by atoms with E-state index in [4.69, 9.17) is 10.5 Å². The molecule has 4 heteroatoms. The number of carbonyl (C=O) groups excluding carboxylic acids is 1. The number of hydrogen-bond acceptors (Lipinski definition) is 3. The van der Waals surface area contributed by atoms with Crippen LogP contribution in [0.3, 0.4) is 0 Å². The maximum atomic E-state index is 11.1. The number of nitrogens with two attached hydrogens (primary N) is 1. The molecule has 4 nitrogen and oxygen atoms in total. The van der Waals surface area contributed by atoms with Gasteiger partial charge in [0.15, 0.2) is 0 Å². The van der Waals surface area contributed by atoms with Crippen LogP contribution in [0.1, 0.15) is 19.8 Å². The van der Waals surface area contributed by atoms with Crippen molar-refractivity contribution in [3.63, 3.8) is 0 Å². The molecular weight excluding hydrogens is 168 g/mol. The summed E-state index contributed by atoms with van der Waals surface area (Å²) < 4.78 is 5.29. The molecule has 0 aromatic heterocycles. The van der Waals surface area contributed by atoms with Crippen LogP contribution in [0.2, 0.25) is 0 Å². The van der Waals surface area contributed by atoms with Gasteiger partial charge in [-0.05, 0) is 25.7 Å². The minimum Gasteiger partial charge on any atom is -0.381 e. The molecule has 0 spiro atoms. The van der Waals surface area contributed by atoms with Crippen molar-refractivity contribution in [1.82, 2.24) is 5.32 Å². The molecule has 1 rings (SSSR count). The van der Waals surface area contributed by atoms with E-state index in [2.05, 4.69) is 5.32 Å². The summed E-state index contributed by atoms with van der Waals surface area (Å²) in [7, 11) is 0. The van der Waals surface area contributed by atoms with E-state index in [1.807, 2.05) is 0 Å². The van der Waals surface area contributed by atoms with Crippen molar-refractivity contribution in [3.8, 4) is 0 Å². The highest BCUT2D eigenvalue weighted by molar-refractivity contribution is 5.80. The van der Waals surface area contributed by atoms with Gasteiger partial charge in [-0.3, -0.25) is 4.79 Å². The number of ether oxygens (including phenoxy) is 1. The highest BCUT2D eigenvalue weighted by Crippen LogP contribution is 2.11. The molecule has 0 saturated carbocycles. The van der Waals surface area contributed by atoms with Gasteiger partial charge < -0.3 is 15.8 Å². The van der Waals surface area contributed by atoms with Gasteiger partial charge >= 0.3 is 0 Å². The van der Waals surface area contributed by atoms with E-state index in [-0.39, 0.29) is 5.91 Å². The van der Waals surface area contributed by atoms with E-state index in [0.29, 0.717) is 12.5 Å². The van der Waals surface area contributed by atoms with Crippen molar-refractivity contribution in [2.45, 2.75) is 25.8 Å². The van der Waals surface area contributed by atoms with Gasteiger partial charge in [-0.1, -0.05) is 0 Å². The number of rotatable bonds is 3. The topological polar surface area (TPSA) is 64.4 Å². The quantitative estimate of drug-likeness (QED) is 0.645. The van der Waals surface area contributed by atoms with Crippen LogP contribution in [0.15, 0.2) is 0 Å². The first-order valence-corrected chi connectivity index (χ1v) is 4.81. The maximum absolute atomic E-state index is 11.1. The van der Waals surface area contributed by atoms with Crippen molar-refractivity contribution in [2.75, 3.05) is 19.8 Å². The molecule has 76 valence electrons. The predicted molar refractivity (Wildman–Crippen MR) is 50.2 cm³/mol. The van der Waals surface area contributed by atoms with Crippen molar-refractivity contribution in [2.24, 2.45) is 11.7 Å². The van der Waals surface area contributed by atoms with Gasteiger partial charge in [-0.15, -0.1) is 0 Å². The minimum atomic E-state index is -0.412. The Labute approximate surface area is 78.8 Å². The largest absolute Gasteiger partial charge is 0.381 e. The highest BCUT2D eigenvalue weighted by Gasteiger charge is 2.15. The third kappa shape index (κ3) is 3.74. The Morgan fingerprint density at radius 2 is 2.54 bits per heavy atom. The molecule has 2 unspecified atom stereocenters. The van der Waals surface area contributed by atoms with Gasteiger partial charge in [0.2, 0.25) is 5.91 Å². The van der Waals surface area contributed by atoms with Crippen molar-refractivity contribution >= 4 is 5.91 Å². The summed E-state index contributed by atoms with van der Waals surface area (Å²) in [4.78, 5) is 11.1. The van der Waals surface area contributed by atoms with Gasteiger partial charge in [-0.2, -0.15) is 0 Å². The van der Waals surface area contributed by atoms with Crippen LogP contribution in [-0.2, 0) is 9.53 Å². The Bertz CT molecular complexity index is 165. The monoisotopic (exact) mass is 186 g/mol. The first-order chi connectivity index (χ1) is 6.20. The summed E-state index contributed by atoms with van der Waals surface area (Å²) >= 11 is 0. The van der Waals surface area contributed by atoms with Crippen molar-refractivity contribution in [1.29, 1.82) is 0 Å². The second kappa shape index (κ2) is 5.19. The van der Waals surface area contributed by atoms with E-state index < -0.39 is 6.04 Å². The van der Waals surface area contributed by atoms with Crippen molar-refractivity contribution in [3.05, 3.63) is 0 Å². The van der Waals surface area contributed by atoms with Gasteiger partial charge in [0, 0.05) is 13.2 Å². The van der Waals surface area contributed by atoms with Crippen LogP contribution in [-0.4, -0.2) is 31.7 Å². The zero-order valence-electron chi connectivity index (χ0n) is 8.08. The molecule has 1 heterocycles. The smallest absolute Gasteiger partial charge is 0.236 e. The predicted octanol–water partition coefficient (Wildman–Crippen LogP) is -0.124. The summed E-state index contributed by atoms with van der Waals surface area (Å²) in [6.07, 6.45) is 2.23. The molecular formula is C9H18N2O2. The summed E-state index contributed by atoms with van der Waals surface area (Å²) in [5.74, 6) is 0.391. The van der Waals surface area contributed by atoms with Gasteiger partial charge in [0.05, 0.1) is 12.6 Å². The fourth-order valence-electron chi connectivity index (χ4n) is 1.37. The highest BCUT2D eigenvalue weighted by atomic mass is 16.5. The average Bonchev–Trinajstić information content (AvgIpc) is 2.15. The molecule has 1 amide bonds. The van der Waals surface area contributed by atoms with E-state index in [0.717, 1.165) is 26.1 Å². The lowest BCUT2D eigenvalue weighted by molar-refractivity contribution is -0.122. The molecule has 0 aromatic carbocycles. The molecule has 0 radical (unpaired) electrons. The lowest BCUT2D eigenvalue weighted by Crippen LogP contribution is -2.41. The SMILES string of the molecule is CC(N)C(=O)NCC1CCCOC1. The first kappa shape index (κ1) is 10.5. The van der Waals surface area contributed by atoms with Crippen molar-refractivity contribution < 1.29 is 9.53 Å². The Morgan fingerprint density at radius 3 is 3.08 bits per heavy atom. The van der Waals surface area contributed by atoms with Crippen LogP contribution < -0.4 is 11.1 Å². The third-order valence-corrected chi connectivity index (χ3v) is 2.23. The number of hydrogen-bond donors (Lipinski definition) is 2. The standard InChI is InChI=1S/C9H18N2O2/c1-7(10)9(12)11-5-8-3-2-4-13-6-8/h7-8H,2-6,10H2,1H3,(H,11,12). The average molecular weight is 186 g/mol. The van der Waals surface area contributed by atoms with Gasteiger partial charge in [0.1, 0.15) is 0 Å². The Morgan fingerprint density at radius 1 is 1.77 bits per heavy atom. The molecule has 2 atom stereocenters. The van der Waals surface area contributed by atoms with E-state index in [1.54, 1.807) is 6.92 Å². The van der Waals surface area contributed by atoms with Crippen LogP contribution in [0, 0.1) is 5.92 Å². The molecule has 1 saturated heterocycles. The first-order valence-electron chi connectivity index (χ1n) is 4.81. The second-order valence-electron chi connectivity index (χ2n) is 3.62. The Balaban J connectivity index is 2.13. The minimum absolute atomic E-state index is 0.0782. The normalized spacial score (nSPS) is 25.2. The van der Waals surface area contributed by atoms with Crippen LogP contribution in [0.5, 0.6) is 0 Å². The third-order valence-electron chi connectivity index (χ3n) is 2.23. The molecule has 0 aromatic rings.